The summed E-state index contributed by atoms with van der Waals surface area (Å²) in [7, 11) is 0. The van der Waals surface area contributed by atoms with Crippen LogP contribution in [0.3, 0.4) is 0 Å². The molecular weight excluding hydrogens is 371 g/mol. The summed E-state index contributed by atoms with van der Waals surface area (Å²) in [6, 6.07) is 7.99. The topological polar surface area (TPSA) is 26.3 Å². The van der Waals surface area contributed by atoms with Gasteiger partial charge in [0.05, 0.1) is 0 Å². The SMILES string of the molecule is O=C1CC[C@](CI)(c2ccc(Br)cc2)O1. The molecule has 0 unspecified atom stereocenters. The third-order valence-corrected chi connectivity index (χ3v) is 4.39. The van der Waals surface area contributed by atoms with Crippen molar-refractivity contribution in [1.82, 2.24) is 0 Å². The van der Waals surface area contributed by atoms with Gasteiger partial charge in [0.1, 0.15) is 5.60 Å². The molecule has 0 saturated carbocycles. The maximum Gasteiger partial charge on any atom is 0.306 e. The molecule has 0 bridgehead atoms. The normalized spacial score (nSPS) is 25.3. The molecule has 80 valence electrons. The minimum Gasteiger partial charge on any atom is -0.453 e. The predicted molar refractivity (Wildman–Crippen MR) is 70.0 cm³/mol. The Kier molecular flexibility index (Phi) is 3.35. The smallest absolute Gasteiger partial charge is 0.306 e. The van der Waals surface area contributed by atoms with Gasteiger partial charge in [-0.15, -0.1) is 0 Å². The van der Waals surface area contributed by atoms with Gasteiger partial charge in [0.15, 0.2) is 0 Å². The van der Waals surface area contributed by atoms with Gasteiger partial charge < -0.3 is 4.74 Å². The Morgan fingerprint density at radius 1 is 1.40 bits per heavy atom. The van der Waals surface area contributed by atoms with E-state index in [0.29, 0.717) is 6.42 Å². The van der Waals surface area contributed by atoms with Crippen LogP contribution in [0.2, 0.25) is 0 Å². The van der Waals surface area contributed by atoms with Crippen LogP contribution in [0.1, 0.15) is 18.4 Å². The number of carbonyl (C=O) groups is 1. The molecule has 2 rings (SSSR count). The highest BCUT2D eigenvalue weighted by atomic mass is 127. The summed E-state index contributed by atoms with van der Waals surface area (Å²) in [6.07, 6.45) is 1.31. The third-order valence-electron chi connectivity index (χ3n) is 2.63. The van der Waals surface area contributed by atoms with Crippen LogP contribution in [0.5, 0.6) is 0 Å². The fourth-order valence-corrected chi connectivity index (χ4v) is 2.99. The largest absolute Gasteiger partial charge is 0.453 e. The second-order valence-electron chi connectivity index (χ2n) is 3.61. The van der Waals surface area contributed by atoms with Gasteiger partial charge in [0.2, 0.25) is 0 Å². The van der Waals surface area contributed by atoms with E-state index in [-0.39, 0.29) is 5.97 Å². The summed E-state index contributed by atoms with van der Waals surface area (Å²) in [5.41, 5.74) is 0.698. The average molecular weight is 381 g/mol. The zero-order valence-corrected chi connectivity index (χ0v) is 11.7. The first kappa shape index (κ1) is 11.4. The summed E-state index contributed by atoms with van der Waals surface area (Å²) in [5.74, 6) is -0.0883. The first-order valence-electron chi connectivity index (χ1n) is 4.70. The van der Waals surface area contributed by atoms with E-state index >= 15 is 0 Å². The minimum atomic E-state index is -0.391. The van der Waals surface area contributed by atoms with Crippen LogP contribution >= 0.6 is 38.5 Å². The first-order valence-corrected chi connectivity index (χ1v) is 7.02. The number of hydrogen-bond donors (Lipinski definition) is 0. The molecule has 1 aliphatic rings. The molecule has 1 heterocycles. The Labute approximate surface area is 111 Å². The highest BCUT2D eigenvalue weighted by Crippen LogP contribution is 2.38. The van der Waals surface area contributed by atoms with Crippen molar-refractivity contribution in [2.24, 2.45) is 0 Å². The van der Waals surface area contributed by atoms with Crippen LogP contribution in [0.4, 0.5) is 0 Å². The second-order valence-corrected chi connectivity index (χ2v) is 5.29. The van der Waals surface area contributed by atoms with E-state index in [1.54, 1.807) is 0 Å². The number of carbonyl (C=O) groups excluding carboxylic acids is 1. The Bertz CT molecular complexity index is 377. The van der Waals surface area contributed by atoms with E-state index in [9.17, 15) is 4.79 Å². The number of hydrogen-bond acceptors (Lipinski definition) is 2. The number of benzene rings is 1. The van der Waals surface area contributed by atoms with Crippen LogP contribution in [0.15, 0.2) is 28.7 Å². The zero-order chi connectivity index (χ0) is 10.9. The molecule has 1 saturated heterocycles. The van der Waals surface area contributed by atoms with Crippen LogP contribution in [-0.4, -0.2) is 10.4 Å². The van der Waals surface area contributed by atoms with Crippen molar-refractivity contribution in [2.75, 3.05) is 4.43 Å². The van der Waals surface area contributed by atoms with Crippen molar-refractivity contribution >= 4 is 44.5 Å². The lowest BCUT2D eigenvalue weighted by molar-refractivity contribution is -0.147. The molecule has 0 aliphatic carbocycles. The van der Waals surface area contributed by atoms with E-state index < -0.39 is 5.60 Å². The standard InChI is InChI=1S/C11H10BrIO2/c12-9-3-1-8(2-4-9)11(7-13)6-5-10(14)15-11/h1-4H,5-7H2/t11-/m0/s1. The fourth-order valence-electron chi connectivity index (χ4n) is 1.75. The Hall–Kier alpha value is -0.100. The summed E-state index contributed by atoms with van der Waals surface area (Å²) in [4.78, 5) is 11.2. The Balaban J connectivity index is 2.34. The third kappa shape index (κ3) is 2.20. The van der Waals surface area contributed by atoms with Crippen molar-refractivity contribution in [3.8, 4) is 0 Å². The van der Waals surface area contributed by atoms with Gasteiger partial charge in [-0.05, 0) is 17.7 Å². The molecule has 15 heavy (non-hydrogen) atoms. The molecule has 0 N–H and O–H groups in total. The lowest BCUT2D eigenvalue weighted by atomic mass is 9.93. The molecular formula is C11H10BrIO2. The van der Waals surface area contributed by atoms with Gasteiger partial charge in [-0.2, -0.15) is 0 Å². The molecule has 2 nitrogen and oxygen atoms in total. The maximum atomic E-state index is 11.2. The van der Waals surface area contributed by atoms with E-state index in [1.165, 1.54) is 0 Å². The van der Waals surface area contributed by atoms with E-state index in [4.69, 9.17) is 4.74 Å². The van der Waals surface area contributed by atoms with Crippen molar-refractivity contribution in [3.63, 3.8) is 0 Å². The number of esters is 1. The average Bonchev–Trinajstić information content (AvgIpc) is 2.62. The van der Waals surface area contributed by atoms with Crippen molar-refractivity contribution < 1.29 is 9.53 Å². The van der Waals surface area contributed by atoms with Gasteiger partial charge in [-0.25, -0.2) is 0 Å². The summed E-state index contributed by atoms with van der Waals surface area (Å²) in [6.45, 7) is 0. The number of halogens is 2. The second kappa shape index (κ2) is 4.41. The zero-order valence-electron chi connectivity index (χ0n) is 8.00. The maximum absolute atomic E-state index is 11.2. The van der Waals surface area contributed by atoms with Crippen molar-refractivity contribution in [2.45, 2.75) is 18.4 Å². The quantitative estimate of drug-likeness (QED) is 0.446. The molecule has 1 aliphatic heterocycles. The van der Waals surface area contributed by atoms with Crippen molar-refractivity contribution in [1.29, 1.82) is 0 Å². The number of cyclic esters (lactones) is 1. The van der Waals surface area contributed by atoms with Gasteiger partial charge in [0, 0.05) is 21.7 Å². The molecule has 0 spiro atoms. The first-order chi connectivity index (χ1) is 7.16. The molecule has 0 amide bonds. The summed E-state index contributed by atoms with van der Waals surface area (Å²) in [5, 5.41) is 0. The highest BCUT2D eigenvalue weighted by molar-refractivity contribution is 14.1. The van der Waals surface area contributed by atoms with Gasteiger partial charge in [-0.1, -0.05) is 50.7 Å². The molecule has 1 fully saturated rings. The molecule has 0 aromatic heterocycles. The predicted octanol–water partition coefficient (Wildman–Crippen LogP) is 3.42. The van der Waals surface area contributed by atoms with Crippen molar-refractivity contribution in [3.05, 3.63) is 34.3 Å². The lowest BCUT2D eigenvalue weighted by Crippen LogP contribution is -2.27. The van der Waals surface area contributed by atoms with E-state index in [1.807, 2.05) is 24.3 Å². The number of ether oxygens (including phenoxy) is 1. The van der Waals surface area contributed by atoms with Crippen LogP contribution in [-0.2, 0) is 15.1 Å². The molecule has 1 aromatic rings. The Morgan fingerprint density at radius 3 is 2.53 bits per heavy atom. The van der Waals surface area contributed by atoms with Gasteiger partial charge in [-0.3, -0.25) is 4.79 Å². The monoisotopic (exact) mass is 380 g/mol. The van der Waals surface area contributed by atoms with E-state index in [0.717, 1.165) is 20.9 Å². The number of rotatable bonds is 2. The molecule has 1 aromatic carbocycles. The highest BCUT2D eigenvalue weighted by Gasteiger charge is 2.40. The Morgan fingerprint density at radius 2 is 2.07 bits per heavy atom. The summed E-state index contributed by atoms with van der Waals surface area (Å²) < 4.78 is 7.31. The van der Waals surface area contributed by atoms with Gasteiger partial charge >= 0.3 is 5.97 Å². The summed E-state index contributed by atoms with van der Waals surface area (Å²) >= 11 is 5.67. The molecule has 0 radical (unpaired) electrons. The van der Waals surface area contributed by atoms with Crippen LogP contribution < -0.4 is 0 Å². The van der Waals surface area contributed by atoms with E-state index in [2.05, 4.69) is 38.5 Å². The lowest BCUT2D eigenvalue weighted by Gasteiger charge is -2.25. The number of alkyl halides is 1. The van der Waals surface area contributed by atoms with Gasteiger partial charge in [0.25, 0.3) is 0 Å². The minimum absolute atomic E-state index is 0.0883. The molecule has 4 heteroatoms. The fraction of sp³-hybridized carbons (Fsp3) is 0.364. The van der Waals surface area contributed by atoms with Crippen LogP contribution in [0, 0.1) is 0 Å². The van der Waals surface area contributed by atoms with Crippen LogP contribution in [0.25, 0.3) is 0 Å². The molecule has 1 atom stereocenters.